The summed E-state index contributed by atoms with van der Waals surface area (Å²) in [6.45, 7) is 0.387. The predicted molar refractivity (Wildman–Crippen MR) is 121 cm³/mol. The van der Waals surface area contributed by atoms with E-state index >= 15 is 0 Å². The van der Waals surface area contributed by atoms with Crippen LogP contribution in [0, 0.1) is 5.82 Å². The van der Waals surface area contributed by atoms with Gasteiger partial charge in [-0.05, 0) is 59.7 Å². The molecule has 0 aromatic heterocycles. The van der Waals surface area contributed by atoms with Crippen molar-refractivity contribution in [3.05, 3.63) is 83.7 Å². The van der Waals surface area contributed by atoms with Gasteiger partial charge in [-0.3, -0.25) is 4.79 Å². The topological polar surface area (TPSA) is 103 Å². The van der Waals surface area contributed by atoms with Crippen LogP contribution < -0.4 is 24.2 Å². The number of methoxy groups -OCH3 is 1. The van der Waals surface area contributed by atoms with Crippen LogP contribution in [0.25, 0.3) is 0 Å². The Hall–Kier alpha value is -3.63. The highest BCUT2D eigenvalue weighted by atomic mass is 32.2. The van der Waals surface area contributed by atoms with Gasteiger partial charge in [-0.25, -0.2) is 17.5 Å². The maximum absolute atomic E-state index is 13.2. The zero-order valence-corrected chi connectivity index (χ0v) is 19.1. The lowest BCUT2D eigenvalue weighted by molar-refractivity contribution is -0.121. The van der Waals surface area contributed by atoms with Gasteiger partial charge in [0.1, 0.15) is 11.6 Å². The van der Waals surface area contributed by atoms with Gasteiger partial charge in [-0.2, -0.15) is 0 Å². The fourth-order valence-electron chi connectivity index (χ4n) is 3.44. The minimum atomic E-state index is -4.02. The number of carbonyl (C=O) groups is 1. The number of nitrogens with one attached hydrogen (secondary N) is 2. The summed E-state index contributed by atoms with van der Waals surface area (Å²) in [4.78, 5) is 12.6. The van der Waals surface area contributed by atoms with Crippen LogP contribution in [0.5, 0.6) is 17.2 Å². The van der Waals surface area contributed by atoms with E-state index < -0.39 is 21.9 Å². The van der Waals surface area contributed by atoms with Crippen LogP contribution in [0.15, 0.2) is 71.6 Å². The molecule has 0 unspecified atom stereocenters. The lowest BCUT2D eigenvalue weighted by atomic mass is 10.0. The van der Waals surface area contributed by atoms with Crippen LogP contribution in [0.4, 0.5) is 4.39 Å². The van der Waals surface area contributed by atoms with Gasteiger partial charge in [0.05, 0.1) is 18.0 Å². The molecule has 0 saturated heterocycles. The van der Waals surface area contributed by atoms with E-state index in [1.54, 1.807) is 36.4 Å². The van der Waals surface area contributed by atoms with Gasteiger partial charge >= 0.3 is 0 Å². The Morgan fingerprint density at radius 2 is 1.74 bits per heavy atom. The summed E-state index contributed by atoms with van der Waals surface area (Å²) in [6, 6.07) is 15.7. The van der Waals surface area contributed by atoms with Crippen molar-refractivity contribution in [1.82, 2.24) is 10.0 Å². The molecule has 34 heavy (non-hydrogen) atoms. The van der Waals surface area contributed by atoms with Crippen molar-refractivity contribution in [3.8, 4) is 17.2 Å². The second kappa shape index (κ2) is 10.1. The third-order valence-corrected chi connectivity index (χ3v) is 6.74. The van der Waals surface area contributed by atoms with Crippen molar-refractivity contribution in [1.29, 1.82) is 0 Å². The second-order valence-corrected chi connectivity index (χ2v) is 9.28. The molecule has 8 nitrogen and oxygen atoms in total. The number of benzene rings is 3. The third-order valence-electron chi connectivity index (χ3n) is 5.26. The molecule has 178 valence electrons. The highest BCUT2D eigenvalue weighted by Crippen LogP contribution is 2.32. The number of fused-ring (bicyclic) bond motifs is 1. The average molecular weight is 487 g/mol. The van der Waals surface area contributed by atoms with E-state index in [4.69, 9.17) is 14.2 Å². The maximum Gasteiger partial charge on any atom is 0.241 e. The van der Waals surface area contributed by atoms with Gasteiger partial charge in [0.25, 0.3) is 0 Å². The zero-order chi connectivity index (χ0) is 24.1. The van der Waals surface area contributed by atoms with E-state index in [9.17, 15) is 17.6 Å². The summed E-state index contributed by atoms with van der Waals surface area (Å²) in [5.74, 6) is 0.935. The first-order valence-electron chi connectivity index (χ1n) is 10.4. The number of ether oxygens (including phenoxy) is 3. The minimum absolute atomic E-state index is 0.104. The predicted octanol–water partition coefficient (Wildman–Crippen LogP) is 3.29. The molecule has 1 aliphatic heterocycles. The van der Waals surface area contributed by atoms with Gasteiger partial charge in [0.15, 0.2) is 11.5 Å². The molecule has 0 fully saturated rings. The molecule has 1 atom stereocenters. The Morgan fingerprint density at radius 3 is 2.44 bits per heavy atom. The van der Waals surface area contributed by atoms with Crippen LogP contribution >= 0.6 is 0 Å². The molecule has 3 aromatic rings. The number of sulfonamides is 1. The molecule has 1 heterocycles. The molecule has 0 aliphatic carbocycles. The minimum Gasteiger partial charge on any atom is -0.497 e. The van der Waals surface area contributed by atoms with E-state index in [0.29, 0.717) is 22.8 Å². The van der Waals surface area contributed by atoms with Gasteiger partial charge in [-0.15, -0.1) is 0 Å². The zero-order valence-electron chi connectivity index (χ0n) is 18.3. The summed E-state index contributed by atoms with van der Waals surface area (Å²) in [6.07, 6.45) is -0.155. The highest BCUT2D eigenvalue weighted by Gasteiger charge is 2.24. The maximum atomic E-state index is 13.2. The van der Waals surface area contributed by atoms with Gasteiger partial charge in [-0.1, -0.05) is 18.2 Å². The number of carbonyl (C=O) groups excluding carboxylic acids is 1. The Kier molecular flexibility index (Phi) is 6.99. The second-order valence-electron chi connectivity index (χ2n) is 7.57. The number of hydrogen-bond acceptors (Lipinski definition) is 6. The molecule has 0 saturated carbocycles. The number of amides is 1. The van der Waals surface area contributed by atoms with E-state index in [-0.39, 0.29) is 30.6 Å². The van der Waals surface area contributed by atoms with E-state index in [0.717, 1.165) is 17.7 Å². The molecule has 0 spiro atoms. The third kappa shape index (κ3) is 5.64. The summed E-state index contributed by atoms with van der Waals surface area (Å²) in [7, 11) is -2.50. The number of halogens is 1. The van der Waals surface area contributed by atoms with Crippen molar-refractivity contribution >= 4 is 15.9 Å². The normalized spacial score (nSPS) is 13.4. The molecule has 10 heteroatoms. The molecule has 0 bridgehead atoms. The molecule has 4 rings (SSSR count). The van der Waals surface area contributed by atoms with Crippen molar-refractivity contribution in [2.45, 2.75) is 23.9 Å². The van der Waals surface area contributed by atoms with Crippen LogP contribution in [0.3, 0.4) is 0 Å². The first-order valence-corrected chi connectivity index (χ1v) is 11.9. The van der Waals surface area contributed by atoms with Crippen LogP contribution in [-0.2, 0) is 21.4 Å². The van der Waals surface area contributed by atoms with Crippen LogP contribution in [-0.4, -0.2) is 28.2 Å². The quantitative estimate of drug-likeness (QED) is 0.481. The van der Waals surface area contributed by atoms with E-state index in [1.807, 2.05) is 6.07 Å². The van der Waals surface area contributed by atoms with Gasteiger partial charge in [0, 0.05) is 13.0 Å². The van der Waals surface area contributed by atoms with Crippen molar-refractivity contribution in [2.75, 3.05) is 13.9 Å². The molecule has 3 aromatic carbocycles. The molecule has 0 radical (unpaired) electrons. The first-order chi connectivity index (χ1) is 16.3. The average Bonchev–Trinajstić information content (AvgIpc) is 3.30. The summed E-state index contributed by atoms with van der Waals surface area (Å²) < 4.78 is 57.4. The van der Waals surface area contributed by atoms with Crippen molar-refractivity contribution in [2.24, 2.45) is 0 Å². The summed E-state index contributed by atoms with van der Waals surface area (Å²) in [5, 5.41) is 2.80. The lowest BCUT2D eigenvalue weighted by Gasteiger charge is -2.19. The smallest absolute Gasteiger partial charge is 0.241 e. The van der Waals surface area contributed by atoms with Crippen LogP contribution in [0.1, 0.15) is 23.6 Å². The Balaban J connectivity index is 1.49. The molecular formula is C24H23FN2O6S. The van der Waals surface area contributed by atoms with Gasteiger partial charge < -0.3 is 19.5 Å². The van der Waals surface area contributed by atoms with Gasteiger partial charge in [0.2, 0.25) is 22.7 Å². The van der Waals surface area contributed by atoms with Crippen molar-refractivity contribution < 1.29 is 31.8 Å². The molecule has 1 amide bonds. The number of hydrogen-bond donors (Lipinski definition) is 2. The molecule has 1 aliphatic rings. The van der Waals surface area contributed by atoms with E-state index in [2.05, 4.69) is 10.0 Å². The SMILES string of the molecule is COc1ccc([C@@H](CC(=O)NCc2ccc3c(c2)OCO3)NS(=O)(=O)c2ccc(F)cc2)cc1. The van der Waals surface area contributed by atoms with Crippen LogP contribution in [0.2, 0.25) is 0 Å². The Labute approximate surface area is 196 Å². The Bertz CT molecular complexity index is 1260. The fraction of sp³-hybridized carbons (Fsp3) is 0.208. The Morgan fingerprint density at radius 1 is 1.03 bits per heavy atom. The number of rotatable bonds is 9. The fourth-order valence-corrected chi connectivity index (χ4v) is 4.67. The van der Waals surface area contributed by atoms with E-state index in [1.165, 1.54) is 19.2 Å². The monoisotopic (exact) mass is 486 g/mol. The standard InChI is InChI=1S/C24H23FN2O6S/c1-31-19-7-3-17(4-8-19)21(27-34(29,30)20-9-5-18(25)6-10-20)13-24(28)26-14-16-2-11-22-23(12-16)33-15-32-22/h2-12,21,27H,13-15H2,1H3,(H,26,28)/t21-/m1/s1. The summed E-state index contributed by atoms with van der Waals surface area (Å²) >= 11 is 0. The highest BCUT2D eigenvalue weighted by molar-refractivity contribution is 7.89. The summed E-state index contributed by atoms with van der Waals surface area (Å²) in [5.41, 5.74) is 1.38. The largest absolute Gasteiger partial charge is 0.497 e. The lowest BCUT2D eigenvalue weighted by Crippen LogP contribution is -2.33. The molecule has 2 N–H and O–H groups in total. The first kappa shape index (κ1) is 23.5. The molecular weight excluding hydrogens is 463 g/mol. The van der Waals surface area contributed by atoms with Crippen molar-refractivity contribution in [3.63, 3.8) is 0 Å².